The van der Waals surface area contributed by atoms with Gasteiger partial charge in [0.05, 0.1) is 92.6 Å². The zero-order chi connectivity index (χ0) is 87.9. The number of carbonyl (C=O) groups is 4. The zero-order valence-corrected chi connectivity index (χ0v) is 75.0. The molecule has 4 saturated carbocycles. The van der Waals surface area contributed by atoms with Crippen LogP contribution in [0.25, 0.3) is 71.9 Å². The molecular weight excluding hydrogens is 1700 g/mol. The highest BCUT2D eigenvalue weighted by Crippen LogP contribution is 2.50. The lowest BCUT2D eigenvalue weighted by atomic mass is 10.0. The van der Waals surface area contributed by atoms with Crippen molar-refractivity contribution in [2.24, 2.45) is 0 Å². The number of halogens is 1. The highest BCUT2D eigenvalue weighted by Gasteiger charge is 2.36. The van der Waals surface area contributed by atoms with E-state index in [0.29, 0.717) is 119 Å². The van der Waals surface area contributed by atoms with Crippen molar-refractivity contribution in [3.63, 3.8) is 0 Å². The molecule has 34 heteroatoms. The third-order valence-corrected chi connectivity index (χ3v) is 25.0. The Labute approximate surface area is 718 Å². The highest BCUT2D eigenvalue weighted by molar-refractivity contribution is 9.10. The summed E-state index contributed by atoms with van der Waals surface area (Å²) < 4.78 is 113. The number of amides is 4. The van der Waals surface area contributed by atoms with Crippen LogP contribution in [0, 0.1) is 0 Å². The van der Waals surface area contributed by atoms with Crippen molar-refractivity contribution in [1.82, 2.24) is 60.4 Å². The van der Waals surface area contributed by atoms with Crippen molar-refractivity contribution < 1.29 is 58.0 Å². The van der Waals surface area contributed by atoms with E-state index < -0.39 is 40.1 Å². The minimum absolute atomic E-state index is 0.102. The van der Waals surface area contributed by atoms with Gasteiger partial charge in [-0.3, -0.25) is 37.6 Å². The van der Waals surface area contributed by atoms with Crippen molar-refractivity contribution in [2.75, 3.05) is 84.8 Å². The Hall–Kier alpha value is -11.3. The topological polar surface area (TPSA) is 384 Å². The van der Waals surface area contributed by atoms with Crippen LogP contribution in [0.3, 0.4) is 0 Å². The molecule has 4 amide bonds. The molecule has 0 bridgehead atoms. The van der Waals surface area contributed by atoms with Crippen LogP contribution < -0.4 is 39.7 Å². The Balaban J connectivity index is 0.000000140. The van der Waals surface area contributed by atoms with Crippen molar-refractivity contribution in [3.05, 3.63) is 218 Å². The molecule has 29 nitrogen and oxygen atoms in total. The van der Waals surface area contributed by atoms with Gasteiger partial charge in [0.2, 0.25) is 40.1 Å². The van der Waals surface area contributed by atoms with Gasteiger partial charge in [0.25, 0.3) is 23.6 Å². The molecule has 16 rings (SSSR count). The number of benzene rings is 8. The maximum atomic E-state index is 13.0. The summed E-state index contributed by atoms with van der Waals surface area (Å²) in [4.78, 5) is 51.2. The number of hydrogen-bond donors (Lipinski definition) is 8. The summed E-state index contributed by atoms with van der Waals surface area (Å²) in [5.74, 6) is 0.892. The molecular formula is C88H101BrN16O13S4. The Kier molecular flexibility index (Phi) is 25.9. The van der Waals surface area contributed by atoms with Gasteiger partial charge in [-0.1, -0.05) is 92.2 Å². The van der Waals surface area contributed by atoms with Gasteiger partial charge in [-0.25, -0.2) is 52.4 Å². The van der Waals surface area contributed by atoms with Crippen LogP contribution in [-0.4, -0.2) is 168 Å². The van der Waals surface area contributed by atoms with Gasteiger partial charge < -0.3 is 26.4 Å². The van der Waals surface area contributed by atoms with Crippen LogP contribution in [0.5, 0.6) is 0 Å². The van der Waals surface area contributed by atoms with Gasteiger partial charge >= 0.3 is 0 Å². The number of hydrogen-bond acceptors (Lipinski definition) is 17. The third-order valence-electron chi connectivity index (χ3n) is 21.5. The highest BCUT2D eigenvalue weighted by atomic mass is 79.9. The molecule has 4 aromatic heterocycles. The van der Waals surface area contributed by atoms with Gasteiger partial charge in [-0.2, -0.15) is 20.4 Å². The van der Waals surface area contributed by atoms with E-state index in [1.54, 1.807) is 71.2 Å². The molecule has 12 aromatic rings. The predicted octanol–water partition coefficient (Wildman–Crippen LogP) is 14.4. The molecule has 4 aliphatic carbocycles. The molecule has 8 N–H and O–H groups in total. The first kappa shape index (κ1) is 88.5. The Morgan fingerprint density at radius 2 is 0.705 bits per heavy atom. The third kappa shape index (κ3) is 20.2. The smallest absolute Gasteiger partial charge is 0.270 e. The van der Waals surface area contributed by atoms with E-state index in [9.17, 15) is 58.0 Å². The first-order valence-corrected chi connectivity index (χ1v) is 48.5. The van der Waals surface area contributed by atoms with Crippen molar-refractivity contribution in [1.29, 1.82) is 0 Å². The number of aromatic nitrogens is 8. The van der Waals surface area contributed by atoms with Gasteiger partial charge in [0.1, 0.15) is 22.8 Å². The van der Waals surface area contributed by atoms with Gasteiger partial charge in [-0.15, -0.1) is 0 Å². The second-order valence-electron chi connectivity index (χ2n) is 32.1. The Bertz CT molecular complexity index is 6570. The quantitative estimate of drug-likeness (QED) is 0.0250. The maximum Gasteiger partial charge on any atom is 0.270 e. The van der Waals surface area contributed by atoms with Gasteiger partial charge in [-0.05, 0) is 248 Å². The number of allylic oxidation sites excluding steroid dienone is 1. The summed E-state index contributed by atoms with van der Waals surface area (Å²) in [5.41, 5.74) is 17.1. The summed E-state index contributed by atoms with van der Waals surface area (Å²) in [5, 5.41) is 41.5. The Morgan fingerprint density at radius 1 is 0.434 bits per heavy atom. The first-order chi connectivity index (χ1) is 57.8. The standard InChI is InChI=1S/C25H32N4O4S.C22H26N4O3S.C22H24N4O3S.C19H19BrN4O3S/c1-16(2)17-8-10-19(11-9-17)29-24(25(31)26-3)21-14-20(18-6-7-18)23(15-22(21)27-29)28(12-5-13-30)34(4,32)33;2*1-13(2)14-7-9-16(10-8-14)26-21(22(27)23-3)18-11-17(15-5-6-15)20(12-19(18)24-26)25-30(4,28)29;1-21-19(25)18-15-9-14(11-3-4-11)17(23-28(2,26)27)10-16(15)22-24(18)13-7-5-12(20)6-8-13/h8-11,14-16,18,30H,5-7,12-13H2,1-4H3,(H,26,31);7-13,15,25H,5-6H2,1-4H3,(H,23,27);7-12,15,25H,1,5-6H2,2-4H3,(H,23,27);5-11,23H,3-4H2,1-2H3,(H,21,25). The summed E-state index contributed by atoms with van der Waals surface area (Å²) >= 11 is 3.41. The van der Waals surface area contributed by atoms with E-state index in [1.165, 1.54) is 21.7 Å². The van der Waals surface area contributed by atoms with Crippen molar-refractivity contribution >= 4 is 152 Å². The number of aliphatic hydroxyl groups is 1. The van der Waals surface area contributed by atoms with Crippen LogP contribution in [0.15, 0.2) is 157 Å². The van der Waals surface area contributed by atoms with Crippen LogP contribution in [0.4, 0.5) is 22.7 Å². The Morgan fingerprint density at radius 3 is 0.959 bits per heavy atom. The zero-order valence-electron chi connectivity index (χ0n) is 70.2. The SMILES string of the molecule is C=C(C)c1ccc(-n2nc3cc(NS(C)(=O)=O)c(C4CC4)cc3c2C(=O)NC)cc1.CNC(=O)c1c2cc(C3CC3)c(N(CCCO)S(C)(=O)=O)cc2nn1-c1ccc(C(C)C)cc1.CNC(=O)c1c2cc(C3CC3)c(NS(C)(=O)=O)cc2nn1-c1ccc(Br)cc1.CNC(=O)c1c2cc(C3CC3)c(NS(C)(=O)=O)cc2nn1-c1ccc(C(C)C)cc1. The molecule has 8 aromatic carbocycles. The van der Waals surface area contributed by atoms with E-state index in [-0.39, 0.29) is 48.6 Å². The molecule has 4 aliphatic rings. The largest absolute Gasteiger partial charge is 0.396 e. The molecule has 0 atom stereocenters. The predicted molar refractivity (Wildman–Crippen MR) is 486 cm³/mol. The molecule has 0 radical (unpaired) electrons. The minimum atomic E-state index is -3.57. The number of rotatable bonds is 26. The lowest BCUT2D eigenvalue weighted by Crippen LogP contribution is -2.32. The molecule has 4 heterocycles. The fourth-order valence-corrected chi connectivity index (χ4v) is 17.8. The van der Waals surface area contributed by atoms with E-state index >= 15 is 0 Å². The first-order valence-electron chi connectivity index (χ1n) is 40.2. The maximum absolute atomic E-state index is 13.0. The number of sulfonamides is 4. The average molecular weight is 1800 g/mol. The molecule has 0 unspecified atom stereocenters. The number of carbonyl (C=O) groups excluding carboxylic acids is 4. The number of nitrogens with one attached hydrogen (secondary N) is 7. The molecule has 0 saturated heterocycles. The van der Waals surface area contributed by atoms with E-state index in [1.807, 2.05) is 128 Å². The summed E-state index contributed by atoms with van der Waals surface area (Å²) in [6.45, 7) is 14.5. The molecule has 642 valence electrons. The lowest BCUT2D eigenvalue weighted by Gasteiger charge is -2.25. The average Bonchev–Trinajstić information content (AvgIpc) is 1.66. The van der Waals surface area contributed by atoms with Crippen LogP contribution in [-0.2, 0) is 40.1 Å². The monoisotopic (exact) mass is 1800 g/mol. The summed E-state index contributed by atoms with van der Waals surface area (Å²) in [7, 11) is -7.52. The molecule has 122 heavy (non-hydrogen) atoms. The van der Waals surface area contributed by atoms with Crippen LogP contribution in [0.2, 0.25) is 0 Å². The summed E-state index contributed by atoms with van der Waals surface area (Å²) in [6.07, 6.45) is 12.8. The minimum Gasteiger partial charge on any atom is -0.396 e. The van der Waals surface area contributed by atoms with Crippen LogP contribution >= 0.6 is 15.9 Å². The fourth-order valence-electron chi connectivity index (χ4n) is 14.8. The van der Waals surface area contributed by atoms with Crippen LogP contribution in [0.1, 0.15) is 209 Å². The lowest BCUT2D eigenvalue weighted by molar-refractivity contribution is 0.0949. The normalized spacial score (nSPS) is 14.1. The van der Waals surface area contributed by atoms with Gasteiger partial charge in [0.15, 0.2) is 0 Å². The molecule has 0 spiro atoms. The summed E-state index contributed by atoms with van der Waals surface area (Å²) in [6, 6.07) is 45.6. The number of aliphatic hydroxyl groups excluding tert-OH is 1. The van der Waals surface area contributed by atoms with E-state index in [0.717, 1.165) is 131 Å². The van der Waals surface area contributed by atoms with E-state index in [2.05, 4.69) is 101 Å². The second-order valence-corrected chi connectivity index (χ2v) is 40.2. The number of anilines is 4. The number of fused-ring (bicyclic) bond motifs is 4. The molecule has 4 fully saturated rings. The fraction of sp³-hybridized carbons (Fsp3) is 0.341. The van der Waals surface area contributed by atoms with E-state index in [4.69, 9.17) is 5.10 Å². The second kappa shape index (κ2) is 35.6. The van der Waals surface area contributed by atoms with Crippen molar-refractivity contribution in [2.45, 2.75) is 128 Å². The van der Waals surface area contributed by atoms with Crippen molar-refractivity contribution in [3.8, 4) is 22.7 Å². The number of nitrogens with zero attached hydrogens (tertiary/aromatic N) is 9. The van der Waals surface area contributed by atoms with Gasteiger partial charge in [0, 0.05) is 67.4 Å². The molecule has 0 aliphatic heterocycles.